The average molecular weight is 474 g/mol. The highest BCUT2D eigenvalue weighted by Gasteiger charge is 2.27. The molecule has 1 amide bonds. The molecule has 2 heterocycles. The number of unbranched alkanes of at least 4 members (excludes halogenated alkanes) is 1. The summed E-state index contributed by atoms with van der Waals surface area (Å²) < 4.78 is 6.92. The number of carbonyl (C=O) groups is 2. The lowest BCUT2D eigenvalue weighted by Gasteiger charge is -2.24. The van der Waals surface area contributed by atoms with Gasteiger partial charge < -0.3 is 4.74 Å². The summed E-state index contributed by atoms with van der Waals surface area (Å²) in [6.07, 6.45) is 3.27. The molecule has 0 saturated heterocycles. The van der Waals surface area contributed by atoms with Crippen LogP contribution in [0.15, 0.2) is 54.7 Å². The van der Waals surface area contributed by atoms with E-state index >= 15 is 0 Å². The first-order chi connectivity index (χ1) is 17.0. The molecule has 4 rings (SSSR count). The van der Waals surface area contributed by atoms with Gasteiger partial charge in [-0.3, -0.25) is 9.69 Å². The van der Waals surface area contributed by atoms with Crippen molar-refractivity contribution in [3.63, 3.8) is 0 Å². The highest BCUT2D eigenvalue weighted by atomic mass is 16.5. The van der Waals surface area contributed by atoms with Crippen LogP contribution in [0.2, 0.25) is 0 Å². The van der Waals surface area contributed by atoms with E-state index in [0.29, 0.717) is 23.9 Å². The number of aromatic amines is 1. The topological polar surface area (TPSA) is 119 Å². The maximum Gasteiger partial charge on any atom is 0.343 e. The fourth-order valence-electron chi connectivity index (χ4n) is 3.89. The number of tetrazole rings is 1. The summed E-state index contributed by atoms with van der Waals surface area (Å²) in [5.74, 6) is 0.147. The Morgan fingerprint density at radius 2 is 1.80 bits per heavy atom. The molecule has 0 aliphatic rings. The number of hydrogen-bond donors (Lipinski definition) is 1. The molecule has 0 aliphatic heterocycles. The predicted molar refractivity (Wildman–Crippen MR) is 131 cm³/mol. The lowest BCUT2D eigenvalue weighted by molar-refractivity contribution is -0.115. The Hall–Kier alpha value is -4.34. The third-order valence-corrected chi connectivity index (χ3v) is 5.51. The number of nitrogens with zero attached hydrogens (tertiary/aromatic N) is 6. The summed E-state index contributed by atoms with van der Waals surface area (Å²) in [7, 11) is 0. The summed E-state index contributed by atoms with van der Waals surface area (Å²) in [6.45, 7) is 6.08. The minimum absolute atomic E-state index is 0.229. The molecule has 0 unspecified atom stereocenters. The molecular weight excluding hydrogens is 446 g/mol. The zero-order chi connectivity index (χ0) is 24.8. The van der Waals surface area contributed by atoms with Crippen LogP contribution in [0.3, 0.4) is 0 Å². The smallest absolute Gasteiger partial charge is 0.343 e. The molecule has 2 aromatic carbocycles. The van der Waals surface area contributed by atoms with Gasteiger partial charge >= 0.3 is 5.97 Å². The fourth-order valence-corrected chi connectivity index (χ4v) is 3.89. The third-order valence-electron chi connectivity index (χ3n) is 5.51. The minimum atomic E-state index is -0.512. The van der Waals surface area contributed by atoms with E-state index in [-0.39, 0.29) is 18.1 Å². The van der Waals surface area contributed by atoms with Crippen molar-refractivity contribution in [1.82, 2.24) is 30.4 Å². The molecule has 10 nitrogen and oxygen atoms in total. The number of H-pyrrole nitrogens is 1. The maximum atomic E-state index is 12.9. The van der Waals surface area contributed by atoms with Crippen molar-refractivity contribution in [1.29, 1.82) is 0 Å². The number of rotatable bonds is 9. The van der Waals surface area contributed by atoms with Gasteiger partial charge in [-0.25, -0.2) is 9.48 Å². The lowest BCUT2D eigenvalue weighted by Crippen LogP contribution is -2.27. The van der Waals surface area contributed by atoms with Crippen LogP contribution in [0.1, 0.15) is 44.0 Å². The van der Waals surface area contributed by atoms with Crippen LogP contribution < -0.4 is 4.90 Å². The van der Waals surface area contributed by atoms with Gasteiger partial charge in [-0.2, -0.15) is 10.3 Å². The Balaban J connectivity index is 1.75. The van der Waals surface area contributed by atoms with Crippen molar-refractivity contribution in [2.45, 2.75) is 40.2 Å². The van der Waals surface area contributed by atoms with Crippen molar-refractivity contribution < 1.29 is 14.3 Å². The normalized spacial score (nSPS) is 10.8. The molecule has 10 heteroatoms. The van der Waals surface area contributed by atoms with Gasteiger partial charge in [-0.15, -0.1) is 10.2 Å². The number of hydrogen-bond acceptors (Lipinski definition) is 7. The standard InChI is InChI=1S/C25H27N7O3/c1-4-6-15-31-24(22(16-26-31)25(34)35-5-2)32(17(3)33)19-13-11-18(12-14-19)20-9-7-8-10-21(20)23-27-29-30-28-23/h7-14,16H,4-6,15H2,1-3H3,(H,27,28,29,30). The van der Waals surface area contributed by atoms with Crippen LogP contribution in [-0.4, -0.2) is 48.9 Å². The largest absolute Gasteiger partial charge is 0.462 e. The highest BCUT2D eigenvalue weighted by molar-refractivity contribution is 6.05. The number of aryl methyl sites for hydroxylation is 1. The van der Waals surface area contributed by atoms with E-state index < -0.39 is 5.97 Å². The van der Waals surface area contributed by atoms with E-state index in [1.807, 2.05) is 48.5 Å². The predicted octanol–water partition coefficient (Wildman–Crippen LogP) is 4.39. The van der Waals surface area contributed by atoms with Gasteiger partial charge in [0.25, 0.3) is 0 Å². The molecule has 0 aliphatic carbocycles. The molecule has 0 saturated carbocycles. The molecule has 1 N–H and O–H groups in total. The number of benzene rings is 2. The zero-order valence-electron chi connectivity index (χ0n) is 19.9. The molecule has 180 valence electrons. The first kappa shape index (κ1) is 23.8. The van der Waals surface area contributed by atoms with E-state index in [0.717, 1.165) is 29.5 Å². The number of ether oxygens (including phenoxy) is 1. The number of anilines is 2. The summed E-state index contributed by atoms with van der Waals surface area (Å²) in [4.78, 5) is 27.0. The third kappa shape index (κ3) is 4.96. The van der Waals surface area contributed by atoms with E-state index in [1.54, 1.807) is 11.6 Å². The fraction of sp³-hybridized carbons (Fsp3) is 0.280. The van der Waals surface area contributed by atoms with Crippen LogP contribution in [0, 0.1) is 0 Å². The number of aromatic nitrogens is 6. The first-order valence-corrected chi connectivity index (χ1v) is 11.5. The molecule has 0 radical (unpaired) electrons. The van der Waals surface area contributed by atoms with Gasteiger partial charge in [0.15, 0.2) is 5.82 Å². The zero-order valence-corrected chi connectivity index (χ0v) is 19.9. The Labute approximate surface area is 202 Å². The first-order valence-electron chi connectivity index (χ1n) is 11.5. The number of esters is 1. The van der Waals surface area contributed by atoms with Gasteiger partial charge in [-0.05, 0) is 41.8 Å². The maximum absolute atomic E-state index is 12.9. The SMILES string of the molecule is CCCCn1ncc(C(=O)OCC)c1N(C(C)=O)c1ccc(-c2ccccc2-c2nn[nH]n2)cc1. The Bertz CT molecular complexity index is 1300. The molecule has 0 fully saturated rings. The second-order valence-electron chi connectivity index (χ2n) is 7.86. The summed E-state index contributed by atoms with van der Waals surface area (Å²) in [6, 6.07) is 15.3. The van der Waals surface area contributed by atoms with Crippen LogP contribution in [0.25, 0.3) is 22.5 Å². The summed E-state index contributed by atoms with van der Waals surface area (Å²) in [5, 5.41) is 18.7. The lowest BCUT2D eigenvalue weighted by atomic mass is 9.99. The molecule has 0 spiro atoms. The van der Waals surface area contributed by atoms with Gasteiger partial charge in [0, 0.05) is 19.0 Å². The van der Waals surface area contributed by atoms with Crippen LogP contribution in [-0.2, 0) is 16.1 Å². The Morgan fingerprint density at radius 1 is 1.06 bits per heavy atom. The molecule has 35 heavy (non-hydrogen) atoms. The van der Waals surface area contributed by atoms with Crippen LogP contribution >= 0.6 is 0 Å². The monoisotopic (exact) mass is 473 g/mol. The number of nitrogens with one attached hydrogen (secondary N) is 1. The van der Waals surface area contributed by atoms with Crippen molar-refractivity contribution in [3.05, 3.63) is 60.3 Å². The second-order valence-corrected chi connectivity index (χ2v) is 7.86. The van der Waals surface area contributed by atoms with E-state index in [2.05, 4.69) is 32.6 Å². The van der Waals surface area contributed by atoms with E-state index in [1.165, 1.54) is 18.0 Å². The van der Waals surface area contributed by atoms with E-state index in [4.69, 9.17) is 4.74 Å². The van der Waals surface area contributed by atoms with Gasteiger partial charge in [0.1, 0.15) is 5.56 Å². The Morgan fingerprint density at radius 3 is 2.43 bits per heavy atom. The molecule has 0 bridgehead atoms. The average Bonchev–Trinajstić information content (AvgIpc) is 3.54. The van der Waals surface area contributed by atoms with Crippen molar-refractivity contribution in [2.24, 2.45) is 0 Å². The van der Waals surface area contributed by atoms with Gasteiger partial charge in [-0.1, -0.05) is 49.7 Å². The molecular formula is C25H27N7O3. The van der Waals surface area contributed by atoms with Gasteiger partial charge in [0.2, 0.25) is 11.7 Å². The molecule has 4 aromatic rings. The number of amides is 1. The van der Waals surface area contributed by atoms with Crippen molar-refractivity contribution in [3.8, 4) is 22.5 Å². The van der Waals surface area contributed by atoms with Gasteiger partial charge in [0.05, 0.1) is 18.5 Å². The quantitative estimate of drug-likeness (QED) is 0.358. The van der Waals surface area contributed by atoms with Crippen LogP contribution in [0.4, 0.5) is 11.5 Å². The summed E-state index contributed by atoms with van der Waals surface area (Å²) in [5.41, 5.74) is 3.55. The number of carbonyl (C=O) groups excluding carboxylic acids is 2. The van der Waals surface area contributed by atoms with Crippen molar-refractivity contribution in [2.75, 3.05) is 11.5 Å². The molecule has 0 atom stereocenters. The minimum Gasteiger partial charge on any atom is -0.462 e. The van der Waals surface area contributed by atoms with E-state index in [9.17, 15) is 9.59 Å². The molecule has 2 aromatic heterocycles. The van der Waals surface area contributed by atoms with Crippen molar-refractivity contribution >= 4 is 23.4 Å². The second kappa shape index (κ2) is 10.7. The Kier molecular flexibility index (Phi) is 7.30. The summed E-state index contributed by atoms with van der Waals surface area (Å²) >= 11 is 0. The highest BCUT2D eigenvalue weighted by Crippen LogP contribution is 2.34. The van der Waals surface area contributed by atoms with Crippen LogP contribution in [0.5, 0.6) is 0 Å².